The second-order valence-electron chi connectivity index (χ2n) is 5.61. The van der Waals surface area contributed by atoms with Crippen molar-refractivity contribution in [3.63, 3.8) is 0 Å². The number of nitrogens with zero attached hydrogens (tertiary/aromatic N) is 2. The van der Waals surface area contributed by atoms with Crippen molar-refractivity contribution in [2.75, 3.05) is 26.7 Å². The van der Waals surface area contributed by atoms with E-state index in [1.54, 1.807) is 11.0 Å². The van der Waals surface area contributed by atoms with Crippen LogP contribution in [-0.4, -0.2) is 48.4 Å². The molecule has 1 aliphatic heterocycles. The topological polar surface area (TPSA) is 23.6 Å². The Kier molecular flexibility index (Phi) is 5.76. The van der Waals surface area contributed by atoms with Crippen LogP contribution in [0.5, 0.6) is 0 Å². The van der Waals surface area contributed by atoms with Gasteiger partial charge in [-0.15, -0.1) is 0 Å². The summed E-state index contributed by atoms with van der Waals surface area (Å²) in [7, 11) is 1.85. The molecule has 21 heavy (non-hydrogen) atoms. The first-order valence-corrected chi connectivity index (χ1v) is 8.26. The molecule has 1 aromatic carbocycles. The SMILES string of the molecule is CCCN1CCC(N(C)C(=O)c2ccc(F)cc2Br)CC1. The zero-order valence-corrected chi connectivity index (χ0v) is 14.2. The van der Waals surface area contributed by atoms with Gasteiger partial charge in [-0.05, 0) is 59.9 Å². The lowest BCUT2D eigenvalue weighted by Crippen LogP contribution is -2.45. The van der Waals surface area contributed by atoms with Crippen molar-refractivity contribution in [2.24, 2.45) is 0 Å². The molecule has 1 fully saturated rings. The average Bonchev–Trinajstić information content (AvgIpc) is 2.47. The number of rotatable bonds is 4. The van der Waals surface area contributed by atoms with Crippen LogP contribution < -0.4 is 0 Å². The molecule has 1 aliphatic rings. The van der Waals surface area contributed by atoms with Crippen LogP contribution in [-0.2, 0) is 0 Å². The molecule has 1 amide bonds. The molecule has 1 heterocycles. The fraction of sp³-hybridized carbons (Fsp3) is 0.562. The van der Waals surface area contributed by atoms with Gasteiger partial charge in [-0.1, -0.05) is 6.92 Å². The highest BCUT2D eigenvalue weighted by Crippen LogP contribution is 2.23. The molecule has 116 valence electrons. The van der Waals surface area contributed by atoms with Gasteiger partial charge in [0.2, 0.25) is 0 Å². The first-order chi connectivity index (χ1) is 10.0. The molecule has 5 heteroatoms. The van der Waals surface area contributed by atoms with Gasteiger partial charge in [0, 0.05) is 30.7 Å². The minimum absolute atomic E-state index is 0.0455. The predicted molar refractivity (Wildman–Crippen MR) is 85.9 cm³/mol. The van der Waals surface area contributed by atoms with Crippen molar-refractivity contribution in [1.82, 2.24) is 9.80 Å². The van der Waals surface area contributed by atoms with Gasteiger partial charge in [0.25, 0.3) is 5.91 Å². The molecule has 0 unspecified atom stereocenters. The number of piperidine rings is 1. The number of hydrogen-bond acceptors (Lipinski definition) is 2. The molecule has 0 atom stereocenters. The van der Waals surface area contributed by atoms with Crippen LogP contribution in [0.2, 0.25) is 0 Å². The van der Waals surface area contributed by atoms with E-state index in [1.165, 1.54) is 18.6 Å². The maximum Gasteiger partial charge on any atom is 0.254 e. The minimum Gasteiger partial charge on any atom is -0.339 e. The lowest BCUT2D eigenvalue weighted by molar-refractivity contribution is 0.0642. The third kappa shape index (κ3) is 4.04. The average molecular weight is 357 g/mol. The van der Waals surface area contributed by atoms with Crippen molar-refractivity contribution in [1.29, 1.82) is 0 Å². The van der Waals surface area contributed by atoms with E-state index < -0.39 is 0 Å². The van der Waals surface area contributed by atoms with E-state index in [0.29, 0.717) is 10.0 Å². The monoisotopic (exact) mass is 356 g/mol. The fourth-order valence-corrected chi connectivity index (χ4v) is 3.39. The Balaban J connectivity index is 2.00. The Bertz CT molecular complexity index is 501. The highest BCUT2D eigenvalue weighted by molar-refractivity contribution is 9.10. The molecule has 0 radical (unpaired) electrons. The lowest BCUT2D eigenvalue weighted by atomic mass is 10.0. The fourth-order valence-electron chi connectivity index (χ4n) is 2.87. The Labute approximate surface area is 134 Å². The van der Waals surface area contributed by atoms with Crippen LogP contribution in [0.3, 0.4) is 0 Å². The largest absolute Gasteiger partial charge is 0.339 e. The summed E-state index contributed by atoms with van der Waals surface area (Å²) in [6.45, 7) is 5.41. The standard InChI is InChI=1S/C16H22BrFN2O/c1-3-8-20-9-6-13(7-10-20)19(2)16(21)14-5-4-12(18)11-15(14)17/h4-5,11,13H,3,6-10H2,1-2H3. The summed E-state index contributed by atoms with van der Waals surface area (Å²) in [5, 5.41) is 0. The Morgan fingerprint density at radius 3 is 2.67 bits per heavy atom. The summed E-state index contributed by atoms with van der Waals surface area (Å²) >= 11 is 3.27. The van der Waals surface area contributed by atoms with Crippen molar-refractivity contribution in [3.8, 4) is 0 Å². The summed E-state index contributed by atoms with van der Waals surface area (Å²) in [5.74, 6) is -0.384. The third-order valence-electron chi connectivity index (χ3n) is 4.13. The van der Waals surface area contributed by atoms with Gasteiger partial charge in [0.1, 0.15) is 5.82 Å². The van der Waals surface area contributed by atoms with Crippen LogP contribution in [0.4, 0.5) is 4.39 Å². The molecule has 0 aromatic heterocycles. The number of halogens is 2. The summed E-state index contributed by atoms with van der Waals surface area (Å²) in [5.41, 5.74) is 0.523. The highest BCUT2D eigenvalue weighted by atomic mass is 79.9. The van der Waals surface area contributed by atoms with Gasteiger partial charge >= 0.3 is 0 Å². The zero-order chi connectivity index (χ0) is 15.4. The van der Waals surface area contributed by atoms with Gasteiger partial charge in [0.15, 0.2) is 0 Å². The number of likely N-dealkylation sites (tertiary alicyclic amines) is 1. The number of amides is 1. The van der Waals surface area contributed by atoms with Crippen LogP contribution in [0.25, 0.3) is 0 Å². The summed E-state index contributed by atoms with van der Waals surface area (Å²) in [6.07, 6.45) is 3.17. The summed E-state index contributed by atoms with van der Waals surface area (Å²) in [4.78, 5) is 16.8. The molecule has 1 saturated heterocycles. The van der Waals surface area contributed by atoms with Crippen molar-refractivity contribution in [3.05, 3.63) is 34.1 Å². The van der Waals surface area contributed by atoms with Gasteiger partial charge < -0.3 is 9.80 Å². The van der Waals surface area contributed by atoms with Crippen molar-refractivity contribution < 1.29 is 9.18 Å². The number of carbonyl (C=O) groups excluding carboxylic acids is 1. The van der Waals surface area contributed by atoms with Crippen LogP contribution in [0.1, 0.15) is 36.5 Å². The normalized spacial score (nSPS) is 17.0. The predicted octanol–water partition coefficient (Wildman–Crippen LogP) is 3.53. The third-order valence-corrected chi connectivity index (χ3v) is 4.78. The highest BCUT2D eigenvalue weighted by Gasteiger charge is 2.26. The maximum atomic E-state index is 13.1. The van der Waals surface area contributed by atoms with Crippen molar-refractivity contribution >= 4 is 21.8 Å². The summed E-state index contributed by atoms with van der Waals surface area (Å²) in [6, 6.07) is 4.48. The molecule has 0 bridgehead atoms. The minimum atomic E-state index is -0.339. The molecule has 0 aliphatic carbocycles. The van der Waals surface area contributed by atoms with Crippen LogP contribution >= 0.6 is 15.9 Å². The Hall–Kier alpha value is -0.940. The Morgan fingerprint density at radius 2 is 2.10 bits per heavy atom. The molecule has 2 rings (SSSR count). The number of carbonyl (C=O) groups is 1. The lowest BCUT2D eigenvalue weighted by Gasteiger charge is -2.36. The summed E-state index contributed by atoms with van der Waals surface area (Å²) < 4.78 is 13.6. The van der Waals surface area contributed by atoms with E-state index in [4.69, 9.17) is 0 Å². The van der Waals surface area contributed by atoms with E-state index in [-0.39, 0.29) is 17.8 Å². The second-order valence-corrected chi connectivity index (χ2v) is 6.47. The smallest absolute Gasteiger partial charge is 0.254 e. The zero-order valence-electron chi connectivity index (χ0n) is 12.6. The molecule has 1 aromatic rings. The number of hydrogen-bond donors (Lipinski definition) is 0. The second kappa shape index (κ2) is 7.36. The van der Waals surface area contributed by atoms with E-state index in [0.717, 1.165) is 32.5 Å². The quantitative estimate of drug-likeness (QED) is 0.823. The van der Waals surface area contributed by atoms with Gasteiger partial charge in [-0.2, -0.15) is 0 Å². The molecule has 3 nitrogen and oxygen atoms in total. The molecular weight excluding hydrogens is 335 g/mol. The van der Waals surface area contributed by atoms with Crippen LogP contribution in [0, 0.1) is 5.82 Å². The Morgan fingerprint density at radius 1 is 1.43 bits per heavy atom. The van der Waals surface area contributed by atoms with E-state index in [9.17, 15) is 9.18 Å². The van der Waals surface area contributed by atoms with E-state index in [2.05, 4.69) is 27.8 Å². The first-order valence-electron chi connectivity index (χ1n) is 7.47. The number of benzene rings is 1. The van der Waals surface area contributed by atoms with E-state index in [1.807, 2.05) is 7.05 Å². The first kappa shape index (κ1) is 16.4. The molecular formula is C16H22BrFN2O. The molecule has 0 saturated carbocycles. The van der Waals surface area contributed by atoms with Gasteiger partial charge in [-0.3, -0.25) is 4.79 Å². The van der Waals surface area contributed by atoms with Crippen LogP contribution in [0.15, 0.2) is 22.7 Å². The van der Waals surface area contributed by atoms with Gasteiger partial charge in [0.05, 0.1) is 5.56 Å². The molecule has 0 spiro atoms. The van der Waals surface area contributed by atoms with Crippen molar-refractivity contribution in [2.45, 2.75) is 32.2 Å². The van der Waals surface area contributed by atoms with Gasteiger partial charge in [-0.25, -0.2) is 4.39 Å². The maximum absolute atomic E-state index is 13.1. The molecule has 0 N–H and O–H groups in total. The van der Waals surface area contributed by atoms with E-state index >= 15 is 0 Å².